The van der Waals surface area contributed by atoms with Gasteiger partial charge in [-0.1, -0.05) is 17.7 Å². The normalized spacial score (nSPS) is 11.2. The molecule has 0 aliphatic heterocycles. The highest BCUT2D eigenvalue weighted by molar-refractivity contribution is 6.17. The smallest absolute Gasteiger partial charge is 0.231 e. The van der Waals surface area contributed by atoms with Crippen LogP contribution in [0.1, 0.15) is 28.8 Å². The van der Waals surface area contributed by atoms with E-state index in [4.69, 9.17) is 11.6 Å². The van der Waals surface area contributed by atoms with Crippen molar-refractivity contribution in [3.8, 4) is 5.69 Å². The van der Waals surface area contributed by atoms with Gasteiger partial charge in [0.1, 0.15) is 5.69 Å². The van der Waals surface area contributed by atoms with Crippen LogP contribution in [0.25, 0.3) is 5.69 Å². The summed E-state index contributed by atoms with van der Waals surface area (Å²) < 4.78 is 27.4. The van der Waals surface area contributed by atoms with E-state index in [-0.39, 0.29) is 11.6 Å². The fourth-order valence-electron chi connectivity index (χ4n) is 1.96. The predicted molar refractivity (Wildman–Crippen MR) is 67.6 cm³/mol. The second kappa shape index (κ2) is 5.06. The molecular weight excluding hydrogens is 258 g/mol. The molecule has 1 aromatic heterocycles. The molecule has 0 unspecified atom stereocenters. The van der Waals surface area contributed by atoms with Gasteiger partial charge in [0, 0.05) is 5.56 Å². The van der Waals surface area contributed by atoms with Crippen LogP contribution in [-0.4, -0.2) is 9.78 Å². The van der Waals surface area contributed by atoms with Crippen LogP contribution >= 0.6 is 11.6 Å². The van der Waals surface area contributed by atoms with E-state index in [1.165, 1.54) is 10.9 Å². The van der Waals surface area contributed by atoms with Crippen LogP contribution in [0.4, 0.5) is 8.78 Å². The van der Waals surface area contributed by atoms with E-state index in [0.717, 1.165) is 11.1 Å². The maximum Gasteiger partial charge on any atom is 0.280 e. The molecule has 0 bridgehead atoms. The number of rotatable bonds is 3. The van der Waals surface area contributed by atoms with Gasteiger partial charge in [-0.2, -0.15) is 5.10 Å². The molecule has 2 aromatic rings. The van der Waals surface area contributed by atoms with Crippen molar-refractivity contribution in [2.24, 2.45) is 0 Å². The Morgan fingerprint density at radius 3 is 2.61 bits per heavy atom. The molecule has 0 saturated carbocycles. The molecule has 0 atom stereocenters. The molecule has 0 N–H and O–H groups in total. The second-order valence-corrected chi connectivity index (χ2v) is 4.46. The van der Waals surface area contributed by atoms with E-state index >= 15 is 0 Å². The summed E-state index contributed by atoms with van der Waals surface area (Å²) in [5.41, 5.74) is 2.89. The summed E-state index contributed by atoms with van der Waals surface area (Å²) in [6.07, 6.45) is -1.20. The zero-order chi connectivity index (χ0) is 13.3. The molecule has 0 saturated heterocycles. The molecule has 0 spiro atoms. The van der Waals surface area contributed by atoms with Gasteiger partial charge in [0.25, 0.3) is 6.43 Å². The molecule has 2 rings (SSSR count). The lowest BCUT2D eigenvalue weighted by Crippen LogP contribution is -2.05. The van der Waals surface area contributed by atoms with Gasteiger partial charge in [-0.3, -0.25) is 0 Å². The fraction of sp³-hybridized carbons (Fsp3) is 0.308. The molecule has 0 aliphatic rings. The SMILES string of the molecule is Cc1ccc(-n2ncc(CCl)c2C(F)F)c(C)c1. The van der Waals surface area contributed by atoms with Gasteiger partial charge in [0.15, 0.2) is 0 Å². The van der Waals surface area contributed by atoms with Crippen molar-refractivity contribution in [2.45, 2.75) is 26.2 Å². The van der Waals surface area contributed by atoms with E-state index in [1.54, 1.807) is 6.07 Å². The first-order chi connectivity index (χ1) is 8.54. The average molecular weight is 271 g/mol. The van der Waals surface area contributed by atoms with Crippen molar-refractivity contribution >= 4 is 11.6 Å². The van der Waals surface area contributed by atoms with Crippen LogP contribution in [0.15, 0.2) is 24.4 Å². The Hall–Kier alpha value is -1.42. The topological polar surface area (TPSA) is 17.8 Å². The summed E-state index contributed by atoms with van der Waals surface area (Å²) in [5.74, 6) is 0.0323. The summed E-state index contributed by atoms with van der Waals surface area (Å²) in [5, 5.41) is 4.02. The monoisotopic (exact) mass is 270 g/mol. The van der Waals surface area contributed by atoms with Crippen molar-refractivity contribution in [3.63, 3.8) is 0 Å². The first kappa shape index (κ1) is 13.0. The number of hydrogen-bond donors (Lipinski definition) is 0. The Morgan fingerprint density at radius 2 is 2.06 bits per heavy atom. The summed E-state index contributed by atoms with van der Waals surface area (Å²) in [6.45, 7) is 3.83. The van der Waals surface area contributed by atoms with Crippen LogP contribution in [-0.2, 0) is 5.88 Å². The van der Waals surface area contributed by atoms with Crippen molar-refractivity contribution in [1.82, 2.24) is 9.78 Å². The first-order valence-electron chi connectivity index (χ1n) is 5.53. The zero-order valence-corrected chi connectivity index (χ0v) is 10.9. The van der Waals surface area contributed by atoms with Gasteiger partial charge in [-0.05, 0) is 25.5 Å². The third-order valence-corrected chi connectivity index (χ3v) is 3.11. The molecule has 0 radical (unpaired) electrons. The van der Waals surface area contributed by atoms with Gasteiger partial charge in [-0.25, -0.2) is 13.5 Å². The third kappa shape index (κ3) is 2.25. The highest BCUT2D eigenvalue weighted by Crippen LogP contribution is 2.28. The molecule has 0 aliphatic carbocycles. The number of alkyl halides is 3. The number of aryl methyl sites for hydroxylation is 2. The minimum atomic E-state index is -2.60. The Morgan fingerprint density at radius 1 is 1.33 bits per heavy atom. The molecule has 96 valence electrons. The molecule has 18 heavy (non-hydrogen) atoms. The van der Waals surface area contributed by atoms with Crippen molar-refractivity contribution < 1.29 is 8.78 Å². The standard InChI is InChI=1S/C13H13ClF2N2/c1-8-3-4-11(9(2)5-8)18-12(13(15)16)10(6-14)7-17-18/h3-5,7,13H,6H2,1-2H3. The lowest BCUT2D eigenvalue weighted by atomic mass is 10.1. The average Bonchev–Trinajstić information content (AvgIpc) is 2.72. The number of aromatic nitrogens is 2. The summed E-state index contributed by atoms with van der Waals surface area (Å²) in [7, 11) is 0. The van der Waals surface area contributed by atoms with E-state index in [1.807, 2.05) is 26.0 Å². The summed E-state index contributed by atoms with van der Waals surface area (Å²) in [6, 6.07) is 5.60. The Kier molecular flexibility index (Phi) is 3.66. The van der Waals surface area contributed by atoms with Gasteiger partial charge < -0.3 is 0 Å². The Bertz CT molecular complexity index is 564. The molecule has 1 heterocycles. The Balaban J connectivity index is 2.60. The van der Waals surface area contributed by atoms with Gasteiger partial charge >= 0.3 is 0 Å². The fourth-order valence-corrected chi connectivity index (χ4v) is 2.17. The number of nitrogens with zero attached hydrogens (tertiary/aromatic N) is 2. The quantitative estimate of drug-likeness (QED) is 0.766. The highest BCUT2D eigenvalue weighted by atomic mass is 35.5. The van der Waals surface area contributed by atoms with Crippen LogP contribution in [0.3, 0.4) is 0 Å². The summed E-state index contributed by atoms with van der Waals surface area (Å²) in [4.78, 5) is 0. The maximum absolute atomic E-state index is 13.1. The molecule has 5 heteroatoms. The van der Waals surface area contributed by atoms with Crippen LogP contribution in [0, 0.1) is 13.8 Å². The van der Waals surface area contributed by atoms with Crippen LogP contribution in [0.5, 0.6) is 0 Å². The molecular formula is C13H13ClF2N2. The third-order valence-electron chi connectivity index (χ3n) is 2.82. The molecule has 0 amide bonds. The van der Waals surface area contributed by atoms with Crippen molar-refractivity contribution in [3.05, 3.63) is 46.8 Å². The lowest BCUT2D eigenvalue weighted by molar-refractivity contribution is 0.142. The minimum Gasteiger partial charge on any atom is -0.231 e. The molecule has 2 nitrogen and oxygen atoms in total. The van der Waals surface area contributed by atoms with E-state index in [2.05, 4.69) is 5.10 Å². The lowest BCUT2D eigenvalue weighted by Gasteiger charge is -2.11. The van der Waals surface area contributed by atoms with E-state index in [9.17, 15) is 8.78 Å². The first-order valence-corrected chi connectivity index (χ1v) is 6.06. The van der Waals surface area contributed by atoms with Gasteiger partial charge in [-0.15, -0.1) is 11.6 Å². The summed E-state index contributed by atoms with van der Waals surface area (Å²) >= 11 is 5.66. The zero-order valence-electron chi connectivity index (χ0n) is 10.1. The van der Waals surface area contributed by atoms with Crippen molar-refractivity contribution in [1.29, 1.82) is 0 Å². The maximum atomic E-state index is 13.1. The molecule has 1 aromatic carbocycles. The Labute approximate surface area is 109 Å². The van der Waals surface area contributed by atoms with Crippen molar-refractivity contribution in [2.75, 3.05) is 0 Å². The minimum absolute atomic E-state index is 0.0323. The predicted octanol–water partition coefficient (Wildman–Crippen LogP) is 4.17. The highest BCUT2D eigenvalue weighted by Gasteiger charge is 2.21. The second-order valence-electron chi connectivity index (χ2n) is 4.19. The van der Waals surface area contributed by atoms with Crippen LogP contribution < -0.4 is 0 Å². The largest absolute Gasteiger partial charge is 0.280 e. The van der Waals surface area contributed by atoms with Gasteiger partial charge in [0.2, 0.25) is 0 Å². The van der Waals surface area contributed by atoms with E-state index < -0.39 is 6.43 Å². The van der Waals surface area contributed by atoms with E-state index in [0.29, 0.717) is 11.3 Å². The number of halogens is 3. The number of benzene rings is 1. The van der Waals surface area contributed by atoms with Crippen LogP contribution in [0.2, 0.25) is 0 Å². The molecule has 0 fully saturated rings. The number of hydrogen-bond acceptors (Lipinski definition) is 1. The van der Waals surface area contributed by atoms with Gasteiger partial charge in [0.05, 0.1) is 17.8 Å².